The zero-order chi connectivity index (χ0) is 13.9. The van der Waals surface area contributed by atoms with Gasteiger partial charge in [-0.3, -0.25) is 5.10 Å². The first-order chi connectivity index (χ1) is 9.70. The molecule has 0 radical (unpaired) electrons. The van der Waals surface area contributed by atoms with Crippen LogP contribution >= 0.6 is 23.4 Å². The van der Waals surface area contributed by atoms with Crippen LogP contribution in [0.3, 0.4) is 0 Å². The van der Waals surface area contributed by atoms with Crippen molar-refractivity contribution in [3.63, 3.8) is 0 Å². The van der Waals surface area contributed by atoms with E-state index in [4.69, 9.17) is 16.1 Å². The molecule has 1 aromatic carbocycles. The standard InChI is InChI=1S/C13H11ClN4OS/c1-8-6-11(19-18-8)7-20-13-15-12(16-17-13)9-2-4-10(14)5-3-9/h2-6H,7H2,1H3,(H,15,16,17). The lowest BCUT2D eigenvalue weighted by atomic mass is 10.2. The van der Waals surface area contributed by atoms with Gasteiger partial charge in [-0.1, -0.05) is 28.5 Å². The molecule has 0 aliphatic heterocycles. The molecule has 0 saturated carbocycles. The lowest BCUT2D eigenvalue weighted by Gasteiger charge is -1.95. The Balaban J connectivity index is 1.69. The predicted molar refractivity (Wildman–Crippen MR) is 77.6 cm³/mol. The Morgan fingerprint density at radius 1 is 1.30 bits per heavy atom. The Hall–Kier alpha value is -1.79. The summed E-state index contributed by atoms with van der Waals surface area (Å²) in [5, 5.41) is 12.3. The number of hydrogen-bond donors (Lipinski definition) is 1. The molecule has 0 aliphatic rings. The summed E-state index contributed by atoms with van der Waals surface area (Å²) in [4.78, 5) is 4.42. The van der Waals surface area contributed by atoms with Crippen LogP contribution in [-0.2, 0) is 5.75 Å². The summed E-state index contributed by atoms with van der Waals surface area (Å²) in [6.07, 6.45) is 0. The van der Waals surface area contributed by atoms with Crippen LogP contribution in [0.15, 0.2) is 40.0 Å². The summed E-state index contributed by atoms with van der Waals surface area (Å²) in [7, 11) is 0. The molecule has 0 spiro atoms. The molecule has 3 rings (SSSR count). The van der Waals surface area contributed by atoms with Crippen LogP contribution in [0.2, 0.25) is 5.02 Å². The highest BCUT2D eigenvalue weighted by atomic mass is 35.5. The van der Waals surface area contributed by atoms with E-state index < -0.39 is 0 Å². The third kappa shape index (κ3) is 3.02. The first-order valence-electron chi connectivity index (χ1n) is 5.94. The maximum Gasteiger partial charge on any atom is 0.209 e. The molecular formula is C13H11ClN4OS. The van der Waals surface area contributed by atoms with Crippen LogP contribution in [0, 0.1) is 6.92 Å². The van der Waals surface area contributed by atoms with Crippen molar-refractivity contribution in [1.29, 1.82) is 0 Å². The molecule has 2 aromatic heterocycles. The van der Waals surface area contributed by atoms with Crippen molar-refractivity contribution in [3.05, 3.63) is 46.8 Å². The average molecular weight is 307 g/mol. The number of aryl methyl sites for hydroxylation is 1. The van der Waals surface area contributed by atoms with Gasteiger partial charge < -0.3 is 4.52 Å². The molecule has 0 atom stereocenters. The Morgan fingerprint density at radius 2 is 2.10 bits per heavy atom. The van der Waals surface area contributed by atoms with Gasteiger partial charge in [0.2, 0.25) is 5.16 Å². The second-order valence-electron chi connectivity index (χ2n) is 4.20. The van der Waals surface area contributed by atoms with Crippen molar-refractivity contribution in [2.24, 2.45) is 0 Å². The summed E-state index contributed by atoms with van der Waals surface area (Å²) >= 11 is 7.35. The Morgan fingerprint density at radius 3 is 2.80 bits per heavy atom. The molecule has 3 aromatic rings. The summed E-state index contributed by atoms with van der Waals surface area (Å²) < 4.78 is 5.14. The molecule has 20 heavy (non-hydrogen) atoms. The van der Waals surface area contributed by atoms with Gasteiger partial charge in [-0.05, 0) is 31.2 Å². The van der Waals surface area contributed by atoms with Crippen LogP contribution < -0.4 is 0 Å². The highest BCUT2D eigenvalue weighted by Gasteiger charge is 2.08. The third-order valence-electron chi connectivity index (χ3n) is 2.60. The first-order valence-corrected chi connectivity index (χ1v) is 7.30. The minimum atomic E-state index is 0.652. The van der Waals surface area contributed by atoms with E-state index in [0.717, 1.165) is 22.8 Å². The molecule has 0 aliphatic carbocycles. The van der Waals surface area contributed by atoms with Gasteiger partial charge >= 0.3 is 0 Å². The molecule has 0 saturated heterocycles. The number of thioether (sulfide) groups is 1. The Labute approximate surface area is 124 Å². The minimum absolute atomic E-state index is 0.652. The quantitative estimate of drug-likeness (QED) is 0.744. The van der Waals surface area contributed by atoms with Crippen LogP contribution in [-0.4, -0.2) is 20.3 Å². The van der Waals surface area contributed by atoms with E-state index in [-0.39, 0.29) is 0 Å². The van der Waals surface area contributed by atoms with Crippen molar-refractivity contribution >= 4 is 23.4 Å². The zero-order valence-electron chi connectivity index (χ0n) is 10.6. The Kier molecular flexibility index (Phi) is 3.75. The summed E-state index contributed by atoms with van der Waals surface area (Å²) in [6, 6.07) is 9.35. The first kappa shape index (κ1) is 13.2. The van der Waals surface area contributed by atoms with Gasteiger partial charge in [-0.15, -0.1) is 5.10 Å². The number of aromatic amines is 1. The molecule has 0 bridgehead atoms. The normalized spacial score (nSPS) is 10.9. The molecule has 102 valence electrons. The molecule has 0 amide bonds. The van der Waals surface area contributed by atoms with Gasteiger partial charge in [0.25, 0.3) is 0 Å². The number of nitrogens with zero attached hydrogens (tertiary/aromatic N) is 3. The average Bonchev–Trinajstić information content (AvgIpc) is 3.06. The number of hydrogen-bond acceptors (Lipinski definition) is 5. The number of nitrogens with one attached hydrogen (secondary N) is 1. The highest BCUT2D eigenvalue weighted by Crippen LogP contribution is 2.23. The van der Waals surface area contributed by atoms with Crippen molar-refractivity contribution in [1.82, 2.24) is 20.3 Å². The molecule has 0 fully saturated rings. The fraction of sp³-hybridized carbons (Fsp3) is 0.154. The van der Waals surface area contributed by atoms with Gasteiger partial charge in [0.15, 0.2) is 5.82 Å². The van der Waals surface area contributed by atoms with Crippen molar-refractivity contribution in [2.45, 2.75) is 17.8 Å². The number of benzene rings is 1. The topological polar surface area (TPSA) is 67.6 Å². The summed E-state index contributed by atoms with van der Waals surface area (Å²) in [5.41, 5.74) is 1.82. The smallest absolute Gasteiger partial charge is 0.209 e. The highest BCUT2D eigenvalue weighted by molar-refractivity contribution is 7.98. The van der Waals surface area contributed by atoms with E-state index in [9.17, 15) is 0 Å². The number of aromatic nitrogens is 4. The van der Waals surface area contributed by atoms with Crippen molar-refractivity contribution < 1.29 is 4.52 Å². The maximum atomic E-state index is 5.86. The zero-order valence-corrected chi connectivity index (χ0v) is 12.2. The largest absolute Gasteiger partial charge is 0.360 e. The number of H-pyrrole nitrogens is 1. The Bertz CT molecular complexity index is 707. The maximum absolute atomic E-state index is 5.86. The summed E-state index contributed by atoms with van der Waals surface area (Å²) in [6.45, 7) is 1.89. The third-order valence-corrected chi connectivity index (χ3v) is 3.72. The van der Waals surface area contributed by atoms with Crippen molar-refractivity contribution in [2.75, 3.05) is 0 Å². The summed E-state index contributed by atoms with van der Waals surface area (Å²) in [5.74, 6) is 2.18. The molecule has 5 nitrogen and oxygen atoms in total. The second kappa shape index (κ2) is 5.68. The number of rotatable bonds is 4. The lowest BCUT2D eigenvalue weighted by molar-refractivity contribution is 0.391. The molecule has 2 heterocycles. The van der Waals surface area contributed by atoms with Gasteiger partial charge in [-0.25, -0.2) is 4.98 Å². The van der Waals surface area contributed by atoms with Crippen LogP contribution in [0.25, 0.3) is 11.4 Å². The van der Waals surface area contributed by atoms with Crippen LogP contribution in [0.1, 0.15) is 11.5 Å². The van der Waals surface area contributed by atoms with Gasteiger partial charge in [0, 0.05) is 16.7 Å². The van der Waals surface area contributed by atoms with E-state index in [1.165, 1.54) is 11.8 Å². The van der Waals surface area contributed by atoms with Gasteiger partial charge in [0.05, 0.1) is 11.4 Å². The second-order valence-corrected chi connectivity index (χ2v) is 5.58. The van der Waals surface area contributed by atoms with Gasteiger partial charge in [0.1, 0.15) is 5.76 Å². The number of halogens is 1. The molecule has 0 unspecified atom stereocenters. The fourth-order valence-corrected chi connectivity index (χ4v) is 2.47. The van der Waals surface area contributed by atoms with E-state index in [1.54, 1.807) is 0 Å². The van der Waals surface area contributed by atoms with E-state index in [2.05, 4.69) is 20.3 Å². The fourth-order valence-electron chi connectivity index (χ4n) is 1.67. The predicted octanol–water partition coefficient (Wildman–Crippen LogP) is 3.71. The van der Waals surface area contributed by atoms with E-state index >= 15 is 0 Å². The SMILES string of the molecule is Cc1cc(CSc2n[nH]c(-c3ccc(Cl)cc3)n2)on1. The minimum Gasteiger partial charge on any atom is -0.360 e. The molecular weight excluding hydrogens is 296 g/mol. The monoisotopic (exact) mass is 306 g/mol. The van der Waals surface area contributed by atoms with Crippen LogP contribution in [0.5, 0.6) is 0 Å². The van der Waals surface area contributed by atoms with Crippen LogP contribution in [0.4, 0.5) is 0 Å². The van der Waals surface area contributed by atoms with Gasteiger partial charge in [-0.2, -0.15) is 0 Å². The molecule has 7 heteroatoms. The molecule has 1 N–H and O–H groups in total. The van der Waals surface area contributed by atoms with E-state index in [0.29, 0.717) is 15.9 Å². The van der Waals surface area contributed by atoms with Crippen molar-refractivity contribution in [3.8, 4) is 11.4 Å². The lowest BCUT2D eigenvalue weighted by Crippen LogP contribution is -1.80. The van der Waals surface area contributed by atoms with E-state index in [1.807, 2.05) is 37.3 Å².